The highest BCUT2D eigenvalue weighted by molar-refractivity contribution is 9.10. The Morgan fingerprint density at radius 2 is 2.11 bits per heavy atom. The Labute approximate surface area is 128 Å². The lowest BCUT2D eigenvalue weighted by Gasteiger charge is -2.01. The summed E-state index contributed by atoms with van der Waals surface area (Å²) in [6, 6.07) is 7.31. The van der Waals surface area contributed by atoms with Crippen molar-refractivity contribution in [2.24, 2.45) is 0 Å². The van der Waals surface area contributed by atoms with Gasteiger partial charge < -0.3 is 5.32 Å². The Kier molecular flexibility index (Phi) is 5.35. The third-order valence-electron chi connectivity index (χ3n) is 2.24. The third kappa shape index (κ3) is 4.29. The number of carbonyl (C=O) groups excluding carboxylic acids is 1. The zero-order valence-electron chi connectivity index (χ0n) is 10.2. The van der Waals surface area contributed by atoms with Crippen molar-refractivity contribution in [1.82, 2.24) is 10.2 Å². The van der Waals surface area contributed by atoms with Crippen molar-refractivity contribution in [3.8, 4) is 0 Å². The van der Waals surface area contributed by atoms with Crippen LogP contribution in [-0.4, -0.2) is 28.3 Å². The molecule has 19 heavy (non-hydrogen) atoms. The van der Waals surface area contributed by atoms with E-state index in [1.54, 1.807) is 23.9 Å². The number of benzene rings is 1. The van der Waals surface area contributed by atoms with Gasteiger partial charge in [-0.15, -0.1) is 10.2 Å². The molecule has 1 heterocycles. The van der Waals surface area contributed by atoms with Gasteiger partial charge in [0.05, 0.1) is 6.54 Å². The molecule has 0 aliphatic heterocycles. The lowest BCUT2D eigenvalue weighted by molar-refractivity contribution is 0.101. The first-order chi connectivity index (χ1) is 9.19. The van der Waals surface area contributed by atoms with E-state index in [2.05, 4.69) is 38.4 Å². The molecule has 100 valence electrons. The third-order valence-corrected chi connectivity index (χ3v) is 4.67. The van der Waals surface area contributed by atoms with Crippen molar-refractivity contribution < 1.29 is 4.79 Å². The van der Waals surface area contributed by atoms with Crippen molar-refractivity contribution in [3.63, 3.8) is 0 Å². The first-order valence-electron chi connectivity index (χ1n) is 5.68. The van der Waals surface area contributed by atoms with Crippen LogP contribution in [0, 0.1) is 0 Å². The number of anilines is 1. The van der Waals surface area contributed by atoms with Gasteiger partial charge >= 0.3 is 0 Å². The summed E-state index contributed by atoms with van der Waals surface area (Å²) in [5.74, 6) is 0.999. The van der Waals surface area contributed by atoms with E-state index >= 15 is 0 Å². The zero-order chi connectivity index (χ0) is 13.7. The minimum Gasteiger partial charge on any atom is -0.353 e. The molecule has 0 atom stereocenters. The molecule has 0 aliphatic carbocycles. The SMILES string of the molecule is CCSc1nnc(NCC(=O)c2ccc(Br)cc2)s1. The molecule has 0 radical (unpaired) electrons. The number of hydrogen-bond donors (Lipinski definition) is 1. The largest absolute Gasteiger partial charge is 0.353 e. The maximum absolute atomic E-state index is 11.9. The number of hydrogen-bond acceptors (Lipinski definition) is 6. The summed E-state index contributed by atoms with van der Waals surface area (Å²) in [4.78, 5) is 11.9. The van der Waals surface area contributed by atoms with Crippen LogP contribution >= 0.6 is 39.0 Å². The Morgan fingerprint density at radius 1 is 1.37 bits per heavy atom. The highest BCUT2D eigenvalue weighted by Crippen LogP contribution is 2.24. The fourth-order valence-corrected chi connectivity index (χ4v) is 3.27. The first-order valence-corrected chi connectivity index (χ1v) is 8.27. The maximum atomic E-state index is 11.9. The van der Waals surface area contributed by atoms with E-state index in [-0.39, 0.29) is 12.3 Å². The van der Waals surface area contributed by atoms with Crippen LogP contribution in [0.15, 0.2) is 33.1 Å². The second-order valence-electron chi connectivity index (χ2n) is 3.59. The van der Waals surface area contributed by atoms with Gasteiger partial charge in [-0.3, -0.25) is 4.79 Å². The molecule has 4 nitrogen and oxygen atoms in total. The Balaban J connectivity index is 1.90. The molecular formula is C12H12BrN3OS2. The number of aromatic nitrogens is 2. The molecule has 0 bridgehead atoms. The van der Waals surface area contributed by atoms with Gasteiger partial charge in [-0.05, 0) is 17.9 Å². The van der Waals surface area contributed by atoms with Crippen LogP contribution in [0.1, 0.15) is 17.3 Å². The van der Waals surface area contributed by atoms with Gasteiger partial charge in [0.15, 0.2) is 10.1 Å². The second kappa shape index (κ2) is 7.02. The van der Waals surface area contributed by atoms with E-state index < -0.39 is 0 Å². The molecule has 0 saturated heterocycles. The van der Waals surface area contributed by atoms with Crippen LogP contribution in [0.25, 0.3) is 0 Å². The molecule has 1 aromatic heterocycles. The van der Waals surface area contributed by atoms with Gasteiger partial charge in [0.1, 0.15) is 0 Å². The fraction of sp³-hybridized carbons (Fsp3) is 0.250. The molecule has 0 amide bonds. The quantitative estimate of drug-likeness (QED) is 0.630. The summed E-state index contributed by atoms with van der Waals surface area (Å²) in [5.41, 5.74) is 0.684. The number of nitrogens with zero attached hydrogens (tertiary/aromatic N) is 2. The van der Waals surface area contributed by atoms with Gasteiger partial charge in [-0.1, -0.05) is 58.1 Å². The summed E-state index contributed by atoms with van der Waals surface area (Å²) in [7, 11) is 0. The van der Waals surface area contributed by atoms with Gasteiger partial charge in [0.25, 0.3) is 0 Å². The molecule has 0 fully saturated rings. The number of ketones is 1. The van der Waals surface area contributed by atoms with Crippen LogP contribution in [0.2, 0.25) is 0 Å². The molecule has 2 aromatic rings. The van der Waals surface area contributed by atoms with Crippen LogP contribution in [0.4, 0.5) is 5.13 Å². The van der Waals surface area contributed by atoms with E-state index in [9.17, 15) is 4.79 Å². The monoisotopic (exact) mass is 357 g/mol. The fourth-order valence-electron chi connectivity index (χ4n) is 1.36. The molecule has 1 aromatic carbocycles. The minimum atomic E-state index is 0.0346. The second-order valence-corrected chi connectivity index (χ2v) is 6.99. The lowest BCUT2D eigenvalue weighted by Crippen LogP contribution is -2.13. The highest BCUT2D eigenvalue weighted by atomic mass is 79.9. The summed E-state index contributed by atoms with van der Waals surface area (Å²) < 4.78 is 1.88. The summed E-state index contributed by atoms with van der Waals surface area (Å²) in [6.07, 6.45) is 0. The minimum absolute atomic E-state index is 0.0346. The molecule has 1 N–H and O–H groups in total. The standard InChI is InChI=1S/C12H12BrN3OS2/c1-2-18-12-16-15-11(19-12)14-7-10(17)8-3-5-9(13)6-4-8/h3-6H,2,7H2,1H3,(H,14,15). The van der Waals surface area contributed by atoms with Crippen molar-refractivity contribution in [1.29, 1.82) is 0 Å². The molecule has 7 heteroatoms. The molecule has 0 saturated carbocycles. The smallest absolute Gasteiger partial charge is 0.206 e. The highest BCUT2D eigenvalue weighted by Gasteiger charge is 2.08. The van der Waals surface area contributed by atoms with E-state index in [1.807, 2.05) is 12.1 Å². The Bertz CT molecular complexity index is 556. The van der Waals surface area contributed by atoms with E-state index in [0.717, 1.165) is 14.6 Å². The number of rotatable bonds is 6. The number of thioether (sulfide) groups is 1. The summed E-state index contributed by atoms with van der Waals surface area (Å²) in [6.45, 7) is 2.29. The predicted octanol–water partition coefficient (Wildman–Crippen LogP) is 3.71. The van der Waals surface area contributed by atoms with E-state index in [0.29, 0.717) is 10.7 Å². The first kappa shape index (κ1) is 14.5. The van der Waals surface area contributed by atoms with Gasteiger partial charge in [-0.2, -0.15) is 0 Å². The van der Waals surface area contributed by atoms with Crippen LogP contribution < -0.4 is 5.32 Å². The van der Waals surface area contributed by atoms with Gasteiger partial charge in [-0.25, -0.2) is 0 Å². The summed E-state index contributed by atoms with van der Waals surface area (Å²) >= 11 is 6.45. The van der Waals surface area contributed by atoms with Crippen LogP contribution in [-0.2, 0) is 0 Å². The summed E-state index contributed by atoms with van der Waals surface area (Å²) in [5, 5.41) is 11.7. The van der Waals surface area contributed by atoms with Crippen LogP contribution in [0.5, 0.6) is 0 Å². The van der Waals surface area contributed by atoms with Gasteiger partial charge in [0, 0.05) is 10.0 Å². The maximum Gasteiger partial charge on any atom is 0.206 e. The molecule has 0 spiro atoms. The number of carbonyl (C=O) groups is 1. The normalized spacial score (nSPS) is 10.4. The topological polar surface area (TPSA) is 54.9 Å². The number of Topliss-reactive ketones (excluding diaryl/α,β-unsaturated/α-hetero) is 1. The lowest BCUT2D eigenvalue weighted by atomic mass is 10.1. The Hall–Kier alpha value is -0.920. The van der Waals surface area contributed by atoms with E-state index in [1.165, 1.54) is 11.3 Å². The van der Waals surface area contributed by atoms with E-state index in [4.69, 9.17) is 0 Å². The molecule has 0 unspecified atom stereocenters. The number of nitrogens with one attached hydrogen (secondary N) is 1. The molecular weight excluding hydrogens is 346 g/mol. The van der Waals surface area contributed by atoms with Crippen molar-refractivity contribution in [3.05, 3.63) is 34.3 Å². The van der Waals surface area contributed by atoms with Crippen molar-refractivity contribution in [2.45, 2.75) is 11.3 Å². The van der Waals surface area contributed by atoms with Crippen molar-refractivity contribution >= 4 is 49.9 Å². The number of halogens is 1. The van der Waals surface area contributed by atoms with Crippen molar-refractivity contribution in [2.75, 3.05) is 17.6 Å². The zero-order valence-corrected chi connectivity index (χ0v) is 13.4. The molecule has 2 rings (SSSR count). The molecule has 0 aliphatic rings. The van der Waals surface area contributed by atoms with Gasteiger partial charge in [0.2, 0.25) is 5.13 Å². The average Bonchev–Trinajstić information content (AvgIpc) is 2.85. The average molecular weight is 358 g/mol. The predicted molar refractivity (Wildman–Crippen MR) is 83.3 cm³/mol. The van der Waals surface area contributed by atoms with Crippen LogP contribution in [0.3, 0.4) is 0 Å². The Morgan fingerprint density at radius 3 is 2.79 bits per heavy atom.